The van der Waals surface area contributed by atoms with Crippen molar-refractivity contribution in [1.82, 2.24) is 15.5 Å². The Morgan fingerprint density at radius 3 is 2.62 bits per heavy atom. The summed E-state index contributed by atoms with van der Waals surface area (Å²) in [5, 5.41) is 7.30. The summed E-state index contributed by atoms with van der Waals surface area (Å²) in [5.74, 6) is 1.15. The van der Waals surface area contributed by atoms with E-state index >= 15 is 0 Å². The molecule has 0 fully saturated rings. The van der Waals surface area contributed by atoms with Gasteiger partial charge in [-0.1, -0.05) is 54.0 Å². The zero-order chi connectivity index (χ0) is 18.4. The Hall–Kier alpha value is -2.86. The van der Waals surface area contributed by atoms with Crippen molar-refractivity contribution in [2.45, 2.75) is 26.0 Å². The Kier molecular flexibility index (Phi) is 5.86. The summed E-state index contributed by atoms with van der Waals surface area (Å²) in [7, 11) is 0. The van der Waals surface area contributed by atoms with Crippen LogP contribution >= 0.6 is 11.6 Å². The summed E-state index contributed by atoms with van der Waals surface area (Å²) in [4.78, 5) is 16.6. The highest BCUT2D eigenvalue weighted by atomic mass is 35.5. The van der Waals surface area contributed by atoms with Gasteiger partial charge in [0.15, 0.2) is 6.10 Å². The minimum atomic E-state index is -0.618. The van der Waals surface area contributed by atoms with Crippen LogP contribution in [0.2, 0.25) is 5.02 Å². The fourth-order valence-corrected chi connectivity index (χ4v) is 2.43. The van der Waals surface area contributed by atoms with Crippen LogP contribution < -0.4 is 10.1 Å². The van der Waals surface area contributed by atoms with Crippen LogP contribution in [0.15, 0.2) is 59.1 Å². The predicted molar refractivity (Wildman–Crippen MR) is 97.7 cm³/mol. The van der Waals surface area contributed by atoms with E-state index in [1.807, 2.05) is 37.3 Å². The second-order valence-corrected chi connectivity index (χ2v) is 6.00. The number of nitrogens with one attached hydrogen (secondary N) is 1. The lowest BCUT2D eigenvalue weighted by Crippen LogP contribution is -2.37. The van der Waals surface area contributed by atoms with Crippen LogP contribution in [-0.2, 0) is 11.3 Å². The van der Waals surface area contributed by atoms with Crippen molar-refractivity contribution >= 4 is 17.5 Å². The molecule has 3 rings (SSSR count). The number of hydrogen-bond donors (Lipinski definition) is 1. The van der Waals surface area contributed by atoms with E-state index in [4.69, 9.17) is 20.9 Å². The predicted octanol–water partition coefficient (Wildman–Crippen LogP) is 3.86. The molecule has 0 saturated heterocycles. The first-order chi connectivity index (χ1) is 12.7. The lowest BCUT2D eigenvalue weighted by Gasteiger charge is -2.16. The number of halogens is 1. The van der Waals surface area contributed by atoms with Gasteiger partial charge in [0.2, 0.25) is 11.7 Å². The summed E-state index contributed by atoms with van der Waals surface area (Å²) < 4.78 is 10.9. The number of ether oxygens (including phenoxy) is 1. The number of aromatic nitrogens is 2. The standard InChI is InChI=1S/C19H18ClN3O3/c1-2-16(25-15-10-8-14(20)9-11-15)19(24)21-12-17-22-18(23-26-17)13-6-4-3-5-7-13/h3-11,16H,2,12H2,1H3,(H,21,24)/t16-/m1/s1. The molecule has 0 spiro atoms. The van der Waals surface area contributed by atoms with Crippen LogP contribution in [-0.4, -0.2) is 22.2 Å². The van der Waals surface area contributed by atoms with E-state index in [9.17, 15) is 4.79 Å². The Bertz CT molecular complexity index is 850. The molecule has 1 amide bonds. The Morgan fingerprint density at radius 1 is 1.19 bits per heavy atom. The van der Waals surface area contributed by atoms with Crippen LogP contribution in [0.5, 0.6) is 5.75 Å². The van der Waals surface area contributed by atoms with Gasteiger partial charge < -0.3 is 14.6 Å². The highest BCUT2D eigenvalue weighted by molar-refractivity contribution is 6.30. The molecule has 1 atom stereocenters. The maximum atomic E-state index is 12.3. The molecule has 2 aromatic carbocycles. The summed E-state index contributed by atoms with van der Waals surface area (Å²) in [5.41, 5.74) is 0.853. The van der Waals surface area contributed by atoms with E-state index in [2.05, 4.69) is 15.5 Å². The van der Waals surface area contributed by atoms with Gasteiger partial charge in [0.05, 0.1) is 6.54 Å². The zero-order valence-corrected chi connectivity index (χ0v) is 14.9. The van der Waals surface area contributed by atoms with Gasteiger partial charge in [-0.15, -0.1) is 0 Å². The molecular weight excluding hydrogens is 354 g/mol. The largest absolute Gasteiger partial charge is 0.481 e. The molecule has 1 heterocycles. The second kappa shape index (κ2) is 8.49. The number of hydrogen-bond acceptors (Lipinski definition) is 5. The van der Waals surface area contributed by atoms with E-state index in [1.54, 1.807) is 24.3 Å². The monoisotopic (exact) mass is 371 g/mol. The molecule has 0 aliphatic heterocycles. The molecule has 0 aliphatic carbocycles. The van der Waals surface area contributed by atoms with Crippen LogP contribution in [0, 0.1) is 0 Å². The third kappa shape index (κ3) is 4.61. The number of benzene rings is 2. The quantitative estimate of drug-likeness (QED) is 0.682. The van der Waals surface area contributed by atoms with Crippen molar-refractivity contribution in [3.63, 3.8) is 0 Å². The van der Waals surface area contributed by atoms with Crippen molar-refractivity contribution in [3.8, 4) is 17.1 Å². The van der Waals surface area contributed by atoms with Crippen LogP contribution in [0.25, 0.3) is 11.4 Å². The molecular formula is C19H18ClN3O3. The van der Waals surface area contributed by atoms with Crippen LogP contribution in [0.3, 0.4) is 0 Å². The molecule has 26 heavy (non-hydrogen) atoms. The lowest BCUT2D eigenvalue weighted by atomic mass is 10.2. The number of nitrogens with zero attached hydrogens (tertiary/aromatic N) is 2. The third-order valence-electron chi connectivity index (χ3n) is 3.67. The Labute approximate surface area is 156 Å². The van der Waals surface area contributed by atoms with E-state index in [0.29, 0.717) is 28.9 Å². The first kappa shape index (κ1) is 17.9. The van der Waals surface area contributed by atoms with E-state index in [1.165, 1.54) is 0 Å². The van der Waals surface area contributed by atoms with Gasteiger partial charge >= 0.3 is 0 Å². The van der Waals surface area contributed by atoms with Crippen molar-refractivity contribution in [3.05, 3.63) is 65.5 Å². The van der Waals surface area contributed by atoms with E-state index in [0.717, 1.165) is 5.56 Å². The molecule has 134 valence electrons. The maximum Gasteiger partial charge on any atom is 0.261 e. The average Bonchev–Trinajstić information content (AvgIpc) is 3.15. The SMILES string of the molecule is CC[C@@H](Oc1ccc(Cl)cc1)C(=O)NCc1nc(-c2ccccc2)no1. The second-order valence-electron chi connectivity index (χ2n) is 5.56. The van der Waals surface area contributed by atoms with Gasteiger partial charge in [-0.25, -0.2) is 0 Å². The Morgan fingerprint density at radius 2 is 1.92 bits per heavy atom. The Balaban J connectivity index is 1.57. The topological polar surface area (TPSA) is 77.2 Å². The van der Waals surface area contributed by atoms with Crippen LogP contribution in [0.1, 0.15) is 19.2 Å². The molecule has 0 unspecified atom stereocenters. The minimum absolute atomic E-state index is 0.138. The number of carbonyl (C=O) groups excluding carboxylic acids is 1. The maximum absolute atomic E-state index is 12.3. The number of rotatable bonds is 7. The zero-order valence-electron chi connectivity index (χ0n) is 14.2. The smallest absolute Gasteiger partial charge is 0.261 e. The summed E-state index contributed by atoms with van der Waals surface area (Å²) in [6.45, 7) is 2.01. The average molecular weight is 372 g/mol. The minimum Gasteiger partial charge on any atom is -0.481 e. The third-order valence-corrected chi connectivity index (χ3v) is 3.92. The van der Waals surface area contributed by atoms with Gasteiger partial charge in [-0.2, -0.15) is 4.98 Å². The molecule has 0 aliphatic rings. The van der Waals surface area contributed by atoms with Crippen molar-refractivity contribution in [2.24, 2.45) is 0 Å². The van der Waals surface area contributed by atoms with Gasteiger partial charge in [0.1, 0.15) is 5.75 Å². The van der Waals surface area contributed by atoms with Crippen molar-refractivity contribution in [1.29, 1.82) is 0 Å². The number of carbonyl (C=O) groups is 1. The fraction of sp³-hybridized carbons (Fsp3) is 0.211. The summed E-state index contributed by atoms with van der Waals surface area (Å²) >= 11 is 5.85. The molecule has 6 nitrogen and oxygen atoms in total. The molecule has 0 radical (unpaired) electrons. The normalized spacial score (nSPS) is 11.8. The van der Waals surface area contributed by atoms with Crippen molar-refractivity contribution in [2.75, 3.05) is 0 Å². The highest BCUT2D eigenvalue weighted by Crippen LogP contribution is 2.18. The highest BCUT2D eigenvalue weighted by Gasteiger charge is 2.19. The van der Waals surface area contributed by atoms with Crippen LogP contribution in [0.4, 0.5) is 0 Å². The first-order valence-corrected chi connectivity index (χ1v) is 8.61. The van der Waals surface area contributed by atoms with E-state index in [-0.39, 0.29) is 12.5 Å². The molecule has 0 saturated carbocycles. The van der Waals surface area contributed by atoms with Gasteiger partial charge in [-0.3, -0.25) is 4.79 Å². The van der Waals surface area contributed by atoms with Gasteiger partial charge in [0.25, 0.3) is 5.91 Å². The van der Waals surface area contributed by atoms with Gasteiger partial charge in [-0.05, 0) is 30.7 Å². The summed E-state index contributed by atoms with van der Waals surface area (Å²) in [6, 6.07) is 16.4. The molecule has 7 heteroatoms. The molecule has 1 N–H and O–H groups in total. The van der Waals surface area contributed by atoms with E-state index < -0.39 is 6.10 Å². The van der Waals surface area contributed by atoms with Gasteiger partial charge in [0, 0.05) is 10.6 Å². The molecule has 0 bridgehead atoms. The summed E-state index contributed by atoms with van der Waals surface area (Å²) in [6.07, 6.45) is -0.0965. The van der Waals surface area contributed by atoms with Crippen molar-refractivity contribution < 1.29 is 14.1 Å². The lowest BCUT2D eigenvalue weighted by molar-refractivity contribution is -0.128. The number of amides is 1. The molecule has 1 aromatic heterocycles. The fourth-order valence-electron chi connectivity index (χ4n) is 2.31. The molecule has 3 aromatic rings. The first-order valence-electron chi connectivity index (χ1n) is 8.23.